The summed E-state index contributed by atoms with van der Waals surface area (Å²) in [5.74, 6) is 0.482. The van der Waals surface area contributed by atoms with E-state index in [0.717, 1.165) is 35.1 Å². The predicted octanol–water partition coefficient (Wildman–Crippen LogP) is 1.75. The van der Waals surface area contributed by atoms with Crippen LogP contribution in [0.2, 0.25) is 5.02 Å². The fourth-order valence-electron chi connectivity index (χ4n) is 2.65. The SMILES string of the molecule is NC(=O)CN1CCCC(C(=O)NCCSc2ccc(Cl)cc2)C1. The van der Waals surface area contributed by atoms with Crippen molar-refractivity contribution in [2.45, 2.75) is 17.7 Å². The molecule has 1 unspecified atom stereocenters. The average molecular weight is 356 g/mol. The summed E-state index contributed by atoms with van der Waals surface area (Å²) >= 11 is 7.53. The summed E-state index contributed by atoms with van der Waals surface area (Å²) in [6.07, 6.45) is 1.79. The van der Waals surface area contributed by atoms with Crippen LogP contribution in [0.15, 0.2) is 29.2 Å². The lowest BCUT2D eigenvalue weighted by Crippen LogP contribution is -2.46. The molecular weight excluding hydrogens is 334 g/mol. The van der Waals surface area contributed by atoms with Crippen molar-refractivity contribution in [2.75, 3.05) is 31.9 Å². The normalized spacial score (nSPS) is 18.6. The van der Waals surface area contributed by atoms with Crippen LogP contribution < -0.4 is 11.1 Å². The summed E-state index contributed by atoms with van der Waals surface area (Å²) in [4.78, 5) is 26.3. The Morgan fingerprint density at radius 3 is 2.78 bits per heavy atom. The summed E-state index contributed by atoms with van der Waals surface area (Å²) in [6.45, 7) is 2.30. The minimum Gasteiger partial charge on any atom is -0.369 e. The van der Waals surface area contributed by atoms with Crippen LogP contribution in [0.5, 0.6) is 0 Å². The van der Waals surface area contributed by atoms with Gasteiger partial charge in [-0.15, -0.1) is 11.8 Å². The maximum Gasteiger partial charge on any atom is 0.231 e. The van der Waals surface area contributed by atoms with E-state index in [1.807, 2.05) is 29.2 Å². The smallest absolute Gasteiger partial charge is 0.231 e. The second-order valence-corrected chi connectivity index (χ2v) is 7.24. The maximum absolute atomic E-state index is 12.2. The van der Waals surface area contributed by atoms with Gasteiger partial charge in [-0.1, -0.05) is 11.6 Å². The van der Waals surface area contributed by atoms with E-state index in [1.165, 1.54) is 0 Å². The Hall–Kier alpha value is -1.24. The van der Waals surface area contributed by atoms with Crippen LogP contribution in [0.25, 0.3) is 0 Å². The third-order valence-electron chi connectivity index (χ3n) is 3.74. The molecule has 0 saturated carbocycles. The number of amides is 2. The summed E-state index contributed by atoms with van der Waals surface area (Å²) in [5.41, 5.74) is 5.22. The Kier molecular flexibility index (Phi) is 7.20. The summed E-state index contributed by atoms with van der Waals surface area (Å²) in [6, 6.07) is 7.66. The molecule has 126 valence electrons. The lowest BCUT2D eigenvalue weighted by molar-refractivity contribution is -0.128. The molecule has 5 nitrogen and oxygen atoms in total. The standard InChI is InChI=1S/C16H22ClN3O2S/c17-13-3-5-14(6-4-13)23-9-7-19-16(22)12-2-1-8-20(10-12)11-15(18)21/h3-6,12H,1-2,7-11H2,(H2,18,21)(H,19,22). The second-order valence-electron chi connectivity index (χ2n) is 5.63. The molecule has 1 saturated heterocycles. The molecule has 1 aromatic rings. The second kappa shape index (κ2) is 9.15. The van der Waals surface area contributed by atoms with Crippen molar-refractivity contribution in [1.82, 2.24) is 10.2 Å². The third kappa shape index (κ3) is 6.41. The van der Waals surface area contributed by atoms with Gasteiger partial charge in [0.1, 0.15) is 0 Å². The zero-order valence-corrected chi connectivity index (χ0v) is 14.5. The molecule has 0 bridgehead atoms. The van der Waals surface area contributed by atoms with E-state index in [4.69, 9.17) is 17.3 Å². The average Bonchev–Trinajstić information content (AvgIpc) is 2.52. The van der Waals surface area contributed by atoms with E-state index in [2.05, 4.69) is 5.32 Å². The van der Waals surface area contributed by atoms with Gasteiger partial charge < -0.3 is 11.1 Å². The number of carbonyl (C=O) groups is 2. The van der Waals surface area contributed by atoms with Gasteiger partial charge in [0.15, 0.2) is 0 Å². The lowest BCUT2D eigenvalue weighted by Gasteiger charge is -2.30. The molecule has 1 heterocycles. The molecule has 1 aliphatic heterocycles. The number of carbonyl (C=O) groups excluding carboxylic acids is 2. The minimum atomic E-state index is -0.342. The van der Waals surface area contributed by atoms with Crippen LogP contribution in [0.4, 0.5) is 0 Å². The Bertz CT molecular complexity index is 539. The number of piperidine rings is 1. The number of hydrogen-bond donors (Lipinski definition) is 2. The van der Waals surface area contributed by atoms with Crippen LogP contribution in [-0.4, -0.2) is 48.6 Å². The molecule has 1 atom stereocenters. The number of likely N-dealkylation sites (tertiary alicyclic amines) is 1. The summed E-state index contributed by atoms with van der Waals surface area (Å²) in [7, 11) is 0. The number of nitrogens with two attached hydrogens (primary N) is 1. The van der Waals surface area contributed by atoms with Gasteiger partial charge in [-0.25, -0.2) is 0 Å². The van der Waals surface area contributed by atoms with E-state index in [-0.39, 0.29) is 24.3 Å². The molecule has 0 aromatic heterocycles. The third-order valence-corrected chi connectivity index (χ3v) is 5.01. The van der Waals surface area contributed by atoms with Crippen molar-refractivity contribution in [2.24, 2.45) is 11.7 Å². The van der Waals surface area contributed by atoms with E-state index < -0.39 is 0 Å². The van der Waals surface area contributed by atoms with Crippen molar-refractivity contribution >= 4 is 35.2 Å². The molecular formula is C16H22ClN3O2S. The zero-order valence-electron chi connectivity index (χ0n) is 13.0. The fourth-order valence-corrected chi connectivity index (χ4v) is 3.55. The summed E-state index contributed by atoms with van der Waals surface area (Å²) < 4.78 is 0. The number of nitrogens with one attached hydrogen (secondary N) is 1. The fraction of sp³-hybridized carbons (Fsp3) is 0.500. The van der Waals surface area contributed by atoms with Crippen LogP contribution in [0.1, 0.15) is 12.8 Å². The first-order valence-electron chi connectivity index (χ1n) is 7.71. The highest BCUT2D eigenvalue weighted by atomic mass is 35.5. The van der Waals surface area contributed by atoms with Crippen molar-refractivity contribution in [3.8, 4) is 0 Å². The highest BCUT2D eigenvalue weighted by Crippen LogP contribution is 2.20. The maximum atomic E-state index is 12.2. The van der Waals surface area contributed by atoms with Crippen LogP contribution >= 0.6 is 23.4 Å². The number of benzene rings is 1. The van der Waals surface area contributed by atoms with Crippen molar-refractivity contribution in [3.05, 3.63) is 29.3 Å². The van der Waals surface area contributed by atoms with Crippen LogP contribution in [0.3, 0.4) is 0 Å². The monoisotopic (exact) mass is 355 g/mol. The molecule has 0 aliphatic carbocycles. The van der Waals surface area contributed by atoms with Crippen molar-refractivity contribution in [3.63, 3.8) is 0 Å². The Labute approximate surface area is 145 Å². The van der Waals surface area contributed by atoms with Gasteiger partial charge in [-0.05, 0) is 43.7 Å². The molecule has 1 aliphatic rings. The zero-order chi connectivity index (χ0) is 16.7. The predicted molar refractivity (Wildman–Crippen MR) is 93.5 cm³/mol. The Balaban J connectivity index is 1.67. The highest BCUT2D eigenvalue weighted by Gasteiger charge is 2.26. The molecule has 23 heavy (non-hydrogen) atoms. The Morgan fingerprint density at radius 2 is 2.09 bits per heavy atom. The molecule has 3 N–H and O–H groups in total. The van der Waals surface area contributed by atoms with Gasteiger partial charge in [0.05, 0.1) is 12.5 Å². The molecule has 0 radical (unpaired) electrons. The summed E-state index contributed by atoms with van der Waals surface area (Å²) in [5, 5.41) is 3.70. The molecule has 7 heteroatoms. The van der Waals surface area contributed by atoms with Gasteiger partial charge in [-0.2, -0.15) is 0 Å². The number of thioether (sulfide) groups is 1. The number of rotatable bonds is 7. The number of nitrogens with zero attached hydrogens (tertiary/aromatic N) is 1. The first-order chi connectivity index (χ1) is 11.0. The van der Waals surface area contributed by atoms with Crippen LogP contribution in [0, 0.1) is 5.92 Å². The van der Waals surface area contributed by atoms with Gasteiger partial charge in [0, 0.05) is 28.8 Å². The first kappa shape index (κ1) is 18.1. The van der Waals surface area contributed by atoms with E-state index in [1.54, 1.807) is 11.8 Å². The van der Waals surface area contributed by atoms with Crippen molar-refractivity contribution < 1.29 is 9.59 Å². The largest absolute Gasteiger partial charge is 0.369 e. The molecule has 2 amide bonds. The minimum absolute atomic E-state index is 0.0522. The molecule has 1 fully saturated rings. The number of halogens is 1. The van der Waals surface area contributed by atoms with E-state index >= 15 is 0 Å². The highest BCUT2D eigenvalue weighted by molar-refractivity contribution is 7.99. The molecule has 0 spiro atoms. The number of hydrogen-bond acceptors (Lipinski definition) is 4. The Morgan fingerprint density at radius 1 is 1.35 bits per heavy atom. The van der Waals surface area contributed by atoms with Gasteiger partial charge in [0.25, 0.3) is 0 Å². The van der Waals surface area contributed by atoms with E-state index in [0.29, 0.717) is 13.1 Å². The van der Waals surface area contributed by atoms with Crippen molar-refractivity contribution in [1.29, 1.82) is 0 Å². The van der Waals surface area contributed by atoms with E-state index in [9.17, 15) is 9.59 Å². The molecule has 2 rings (SSSR count). The first-order valence-corrected chi connectivity index (χ1v) is 9.07. The van der Waals surface area contributed by atoms with Gasteiger partial charge >= 0.3 is 0 Å². The quantitative estimate of drug-likeness (QED) is 0.577. The van der Waals surface area contributed by atoms with Crippen LogP contribution in [-0.2, 0) is 9.59 Å². The topological polar surface area (TPSA) is 75.4 Å². The number of primary amides is 1. The van der Waals surface area contributed by atoms with Gasteiger partial charge in [-0.3, -0.25) is 14.5 Å². The van der Waals surface area contributed by atoms with Gasteiger partial charge in [0.2, 0.25) is 11.8 Å². The lowest BCUT2D eigenvalue weighted by atomic mass is 9.97. The molecule has 1 aromatic carbocycles.